The highest BCUT2D eigenvalue weighted by Gasteiger charge is 2.23. The predicted octanol–water partition coefficient (Wildman–Crippen LogP) is 2.26. The summed E-state index contributed by atoms with van der Waals surface area (Å²) >= 11 is 1.89. The van der Waals surface area contributed by atoms with Crippen molar-refractivity contribution in [3.8, 4) is 0 Å². The van der Waals surface area contributed by atoms with E-state index in [1.807, 2.05) is 30.0 Å². The fourth-order valence-corrected chi connectivity index (χ4v) is 2.53. The number of ether oxygens (including phenoxy) is 1. The largest absolute Gasteiger partial charge is 0.460 e. The zero-order chi connectivity index (χ0) is 12.3. The monoisotopic (exact) mass is 250 g/mol. The Bertz CT molecular complexity index is 438. The molecule has 1 heterocycles. The van der Waals surface area contributed by atoms with E-state index in [4.69, 9.17) is 4.74 Å². The number of benzene rings is 1. The quantitative estimate of drug-likeness (QED) is 0.467. The molecule has 0 N–H and O–H groups in total. The van der Waals surface area contributed by atoms with Crippen molar-refractivity contribution < 1.29 is 14.3 Å². The Morgan fingerprint density at radius 3 is 2.76 bits per heavy atom. The molecular weight excluding hydrogens is 236 g/mol. The molecule has 0 atom stereocenters. The average Bonchev–Trinajstić information content (AvgIpc) is 2.26. The second-order valence-corrected chi connectivity index (χ2v) is 4.98. The van der Waals surface area contributed by atoms with Gasteiger partial charge in [-0.05, 0) is 18.6 Å². The fourth-order valence-electron chi connectivity index (χ4n) is 1.68. The summed E-state index contributed by atoms with van der Waals surface area (Å²) in [5, 5.41) is 0. The lowest BCUT2D eigenvalue weighted by atomic mass is 9.98. The molecule has 3 nitrogen and oxygen atoms in total. The number of rotatable bonds is 4. The summed E-state index contributed by atoms with van der Waals surface area (Å²) in [6.45, 7) is 1.91. The molecule has 0 radical (unpaired) electrons. The zero-order valence-electron chi connectivity index (χ0n) is 9.64. The van der Waals surface area contributed by atoms with Crippen LogP contribution in [0.15, 0.2) is 24.3 Å². The number of carbonyl (C=O) groups excluding carboxylic acids is 2. The van der Waals surface area contributed by atoms with Crippen LogP contribution in [0.3, 0.4) is 0 Å². The summed E-state index contributed by atoms with van der Waals surface area (Å²) in [7, 11) is 0. The molecule has 2 rings (SSSR count). The minimum atomic E-state index is -0.771. The molecule has 0 spiro atoms. The van der Waals surface area contributed by atoms with Crippen LogP contribution in [-0.4, -0.2) is 29.9 Å². The molecule has 0 amide bonds. The van der Waals surface area contributed by atoms with Crippen molar-refractivity contribution in [2.24, 2.45) is 0 Å². The normalized spacial score (nSPS) is 15.1. The van der Waals surface area contributed by atoms with Gasteiger partial charge in [-0.1, -0.05) is 18.2 Å². The van der Waals surface area contributed by atoms with Crippen molar-refractivity contribution >= 4 is 23.5 Å². The Morgan fingerprint density at radius 1 is 1.41 bits per heavy atom. The lowest BCUT2D eigenvalue weighted by Gasteiger charge is -2.25. The smallest absolute Gasteiger partial charge is 0.379 e. The van der Waals surface area contributed by atoms with E-state index in [0.29, 0.717) is 11.5 Å². The Kier molecular flexibility index (Phi) is 3.84. The van der Waals surface area contributed by atoms with Crippen LogP contribution in [0.4, 0.5) is 0 Å². The van der Waals surface area contributed by atoms with Gasteiger partial charge in [-0.15, -0.1) is 0 Å². The van der Waals surface area contributed by atoms with Crippen LogP contribution in [0, 0.1) is 0 Å². The van der Waals surface area contributed by atoms with E-state index in [1.54, 1.807) is 13.0 Å². The third-order valence-electron chi connectivity index (χ3n) is 2.72. The van der Waals surface area contributed by atoms with Crippen LogP contribution in [0.5, 0.6) is 0 Å². The highest BCUT2D eigenvalue weighted by Crippen LogP contribution is 2.34. The number of ketones is 1. The minimum Gasteiger partial charge on any atom is -0.460 e. The van der Waals surface area contributed by atoms with Gasteiger partial charge in [-0.3, -0.25) is 4.79 Å². The first-order valence-electron chi connectivity index (χ1n) is 5.61. The summed E-state index contributed by atoms with van der Waals surface area (Å²) in [5.74, 6) is 1.39. The first-order valence-corrected chi connectivity index (χ1v) is 6.77. The number of Topliss-reactive ketones (excluding diaryl/α,β-unsaturated/α-hetero) is 1. The zero-order valence-corrected chi connectivity index (χ0v) is 10.5. The second kappa shape index (κ2) is 5.36. The summed E-state index contributed by atoms with van der Waals surface area (Å²) < 4.78 is 4.71. The maximum atomic E-state index is 11.7. The summed E-state index contributed by atoms with van der Waals surface area (Å²) in [4.78, 5) is 23.1. The Balaban J connectivity index is 2.14. The molecule has 1 fully saturated rings. The topological polar surface area (TPSA) is 43.4 Å². The van der Waals surface area contributed by atoms with Crippen LogP contribution in [0.25, 0.3) is 0 Å². The van der Waals surface area contributed by atoms with Crippen molar-refractivity contribution in [3.63, 3.8) is 0 Å². The van der Waals surface area contributed by atoms with Gasteiger partial charge in [0.1, 0.15) is 0 Å². The number of esters is 1. The molecule has 1 aliphatic rings. The van der Waals surface area contributed by atoms with Crippen molar-refractivity contribution in [3.05, 3.63) is 35.4 Å². The van der Waals surface area contributed by atoms with Gasteiger partial charge in [0, 0.05) is 23.0 Å². The highest BCUT2D eigenvalue weighted by atomic mass is 32.2. The van der Waals surface area contributed by atoms with E-state index >= 15 is 0 Å². The number of hydrogen-bond acceptors (Lipinski definition) is 4. The highest BCUT2D eigenvalue weighted by molar-refractivity contribution is 8.00. The maximum absolute atomic E-state index is 11.7. The maximum Gasteiger partial charge on any atom is 0.379 e. The molecule has 0 saturated carbocycles. The second-order valence-electron chi connectivity index (χ2n) is 3.91. The van der Waals surface area contributed by atoms with E-state index in [2.05, 4.69) is 0 Å². The summed E-state index contributed by atoms with van der Waals surface area (Å²) in [6, 6.07) is 7.30. The van der Waals surface area contributed by atoms with Crippen molar-refractivity contribution in [2.75, 3.05) is 18.1 Å². The first-order chi connectivity index (χ1) is 8.22. The molecule has 1 saturated heterocycles. The minimum absolute atomic E-state index is 0.226. The molecular formula is C13H14O3S. The van der Waals surface area contributed by atoms with E-state index in [0.717, 1.165) is 17.1 Å². The number of carbonyl (C=O) groups is 2. The third-order valence-corrected chi connectivity index (χ3v) is 4.00. The molecule has 0 unspecified atom stereocenters. The van der Waals surface area contributed by atoms with Gasteiger partial charge in [-0.2, -0.15) is 11.8 Å². The third kappa shape index (κ3) is 2.69. The predicted molar refractivity (Wildman–Crippen MR) is 67.5 cm³/mol. The lowest BCUT2D eigenvalue weighted by molar-refractivity contribution is -0.137. The summed E-state index contributed by atoms with van der Waals surface area (Å²) in [6.07, 6.45) is 0. The number of thioether (sulfide) groups is 1. The Labute approximate surface area is 105 Å². The van der Waals surface area contributed by atoms with Gasteiger partial charge in [0.2, 0.25) is 0 Å². The Hall–Kier alpha value is -1.29. The number of hydrogen-bond donors (Lipinski definition) is 0. The molecule has 0 bridgehead atoms. The summed E-state index contributed by atoms with van der Waals surface area (Å²) in [5.41, 5.74) is 1.57. The van der Waals surface area contributed by atoms with Crippen molar-refractivity contribution in [2.45, 2.75) is 12.8 Å². The van der Waals surface area contributed by atoms with Crippen LogP contribution in [-0.2, 0) is 9.53 Å². The first kappa shape index (κ1) is 12.2. The van der Waals surface area contributed by atoms with Gasteiger partial charge in [-0.25, -0.2) is 4.79 Å². The van der Waals surface area contributed by atoms with E-state index in [1.165, 1.54) is 0 Å². The molecule has 17 heavy (non-hydrogen) atoms. The average molecular weight is 250 g/mol. The van der Waals surface area contributed by atoms with E-state index < -0.39 is 11.8 Å². The van der Waals surface area contributed by atoms with Crippen LogP contribution >= 0.6 is 11.8 Å². The van der Waals surface area contributed by atoms with E-state index in [9.17, 15) is 9.59 Å². The molecule has 1 aliphatic heterocycles. The van der Waals surface area contributed by atoms with Gasteiger partial charge in [0.15, 0.2) is 0 Å². The standard InChI is InChI=1S/C13H14O3S/c1-2-16-13(15)12(14)10-5-3-4-9(6-10)11-7-17-8-11/h3-6,11H,2,7-8H2,1H3. The van der Waals surface area contributed by atoms with Crippen molar-refractivity contribution in [1.82, 2.24) is 0 Å². The van der Waals surface area contributed by atoms with Gasteiger partial charge in [0.05, 0.1) is 6.61 Å². The van der Waals surface area contributed by atoms with Gasteiger partial charge >= 0.3 is 5.97 Å². The van der Waals surface area contributed by atoms with Crippen LogP contribution in [0.1, 0.15) is 28.8 Å². The van der Waals surface area contributed by atoms with Crippen LogP contribution in [0.2, 0.25) is 0 Å². The fraction of sp³-hybridized carbons (Fsp3) is 0.385. The molecule has 4 heteroatoms. The van der Waals surface area contributed by atoms with Crippen molar-refractivity contribution in [1.29, 1.82) is 0 Å². The molecule has 1 aromatic rings. The van der Waals surface area contributed by atoms with Gasteiger partial charge < -0.3 is 4.74 Å². The SMILES string of the molecule is CCOC(=O)C(=O)c1cccc(C2CSC2)c1. The van der Waals surface area contributed by atoms with E-state index in [-0.39, 0.29) is 6.61 Å². The Morgan fingerprint density at radius 2 is 2.18 bits per heavy atom. The molecule has 90 valence electrons. The molecule has 1 aromatic carbocycles. The van der Waals surface area contributed by atoms with Crippen LogP contribution < -0.4 is 0 Å². The lowest BCUT2D eigenvalue weighted by Crippen LogP contribution is -2.19. The molecule has 0 aliphatic carbocycles. The van der Waals surface area contributed by atoms with Gasteiger partial charge in [0.25, 0.3) is 5.78 Å². The molecule has 0 aromatic heterocycles.